The molecule has 2 aromatic rings. The van der Waals surface area contributed by atoms with Crippen molar-refractivity contribution in [3.8, 4) is 0 Å². The molecule has 0 aliphatic rings. The van der Waals surface area contributed by atoms with Crippen LogP contribution in [0.25, 0.3) is 6.08 Å². The molecule has 2 rings (SSSR count). The molecular formula is C16H16ClNO2. The Morgan fingerprint density at radius 2 is 2.15 bits per heavy atom. The minimum absolute atomic E-state index is 0.107. The summed E-state index contributed by atoms with van der Waals surface area (Å²) >= 11 is 5.93. The lowest BCUT2D eigenvalue weighted by Crippen LogP contribution is -2.24. The summed E-state index contributed by atoms with van der Waals surface area (Å²) in [4.78, 5) is 11.8. The molecule has 0 aliphatic carbocycles. The first-order chi connectivity index (χ1) is 9.54. The van der Waals surface area contributed by atoms with Gasteiger partial charge in [-0.1, -0.05) is 23.7 Å². The lowest BCUT2D eigenvalue weighted by molar-refractivity contribution is -0.117. The number of furan rings is 1. The summed E-state index contributed by atoms with van der Waals surface area (Å²) in [7, 11) is 0. The summed E-state index contributed by atoms with van der Waals surface area (Å²) in [5.74, 6) is 1.30. The largest absolute Gasteiger partial charge is 0.462 e. The molecule has 3 nitrogen and oxygen atoms in total. The Labute approximate surface area is 123 Å². The maximum absolute atomic E-state index is 11.8. The van der Waals surface area contributed by atoms with Gasteiger partial charge in [-0.05, 0) is 49.8 Å². The molecule has 1 unspecified atom stereocenters. The Balaban J connectivity index is 1.96. The van der Waals surface area contributed by atoms with Gasteiger partial charge in [0.25, 0.3) is 0 Å². The number of hydrogen-bond donors (Lipinski definition) is 1. The van der Waals surface area contributed by atoms with Crippen LogP contribution in [0.15, 0.2) is 46.9 Å². The van der Waals surface area contributed by atoms with E-state index in [2.05, 4.69) is 5.32 Å². The Morgan fingerprint density at radius 1 is 1.35 bits per heavy atom. The number of amides is 1. The highest BCUT2D eigenvalue weighted by Crippen LogP contribution is 2.17. The van der Waals surface area contributed by atoms with Gasteiger partial charge in [-0.15, -0.1) is 0 Å². The molecule has 0 spiro atoms. The molecule has 0 radical (unpaired) electrons. The van der Waals surface area contributed by atoms with Gasteiger partial charge in [0.15, 0.2) is 0 Å². The molecule has 0 fully saturated rings. The lowest BCUT2D eigenvalue weighted by Gasteiger charge is -2.13. The molecule has 1 amide bonds. The van der Waals surface area contributed by atoms with E-state index in [0.29, 0.717) is 10.8 Å². The van der Waals surface area contributed by atoms with Crippen LogP contribution in [0.4, 0.5) is 0 Å². The number of aryl methyl sites for hydroxylation is 1. The molecule has 0 saturated carbocycles. The number of carbonyl (C=O) groups excluding carboxylic acids is 1. The first-order valence-corrected chi connectivity index (χ1v) is 6.73. The van der Waals surface area contributed by atoms with Crippen molar-refractivity contribution in [3.63, 3.8) is 0 Å². The molecule has 1 aromatic carbocycles. The van der Waals surface area contributed by atoms with Crippen molar-refractivity contribution < 1.29 is 9.21 Å². The summed E-state index contributed by atoms with van der Waals surface area (Å²) in [6, 6.07) is 11.0. The van der Waals surface area contributed by atoms with Crippen LogP contribution in [-0.2, 0) is 4.79 Å². The maximum atomic E-state index is 11.8. The molecule has 1 aromatic heterocycles. The standard InChI is InChI=1S/C16H16ClNO2/c1-11-6-7-15(20-11)8-9-16(19)18-12(2)13-4-3-5-14(17)10-13/h3-10,12H,1-2H3,(H,18,19)/b9-8+. The van der Waals surface area contributed by atoms with Crippen molar-refractivity contribution in [2.24, 2.45) is 0 Å². The highest BCUT2D eigenvalue weighted by Gasteiger charge is 2.07. The summed E-state index contributed by atoms with van der Waals surface area (Å²) in [6.07, 6.45) is 3.10. The van der Waals surface area contributed by atoms with E-state index in [9.17, 15) is 4.79 Å². The number of halogens is 1. The van der Waals surface area contributed by atoms with Crippen LogP contribution in [0.5, 0.6) is 0 Å². The monoisotopic (exact) mass is 289 g/mol. The van der Waals surface area contributed by atoms with E-state index in [-0.39, 0.29) is 11.9 Å². The molecule has 0 bridgehead atoms. The summed E-state index contributed by atoms with van der Waals surface area (Å²) in [5.41, 5.74) is 0.966. The van der Waals surface area contributed by atoms with E-state index in [0.717, 1.165) is 11.3 Å². The van der Waals surface area contributed by atoms with E-state index in [1.807, 2.05) is 44.2 Å². The van der Waals surface area contributed by atoms with Crippen LogP contribution < -0.4 is 5.32 Å². The second kappa shape index (κ2) is 6.44. The van der Waals surface area contributed by atoms with Crippen LogP contribution in [-0.4, -0.2) is 5.91 Å². The molecule has 1 heterocycles. The minimum Gasteiger partial charge on any atom is -0.462 e. The molecule has 0 aliphatic heterocycles. The highest BCUT2D eigenvalue weighted by atomic mass is 35.5. The Bertz CT molecular complexity index is 631. The van der Waals surface area contributed by atoms with E-state index >= 15 is 0 Å². The van der Waals surface area contributed by atoms with Gasteiger partial charge in [-0.2, -0.15) is 0 Å². The Morgan fingerprint density at radius 3 is 2.80 bits per heavy atom. The van der Waals surface area contributed by atoms with Gasteiger partial charge in [0.2, 0.25) is 5.91 Å². The third kappa shape index (κ3) is 4.00. The second-order valence-electron chi connectivity index (χ2n) is 4.57. The zero-order valence-electron chi connectivity index (χ0n) is 11.4. The van der Waals surface area contributed by atoms with Crippen molar-refractivity contribution in [1.29, 1.82) is 0 Å². The zero-order chi connectivity index (χ0) is 14.5. The Kier molecular flexibility index (Phi) is 4.64. The fourth-order valence-electron chi connectivity index (χ4n) is 1.82. The van der Waals surface area contributed by atoms with E-state index in [1.165, 1.54) is 6.08 Å². The van der Waals surface area contributed by atoms with Crippen LogP contribution in [0, 0.1) is 6.92 Å². The van der Waals surface area contributed by atoms with Crippen LogP contribution >= 0.6 is 11.6 Å². The molecule has 1 N–H and O–H groups in total. The van der Waals surface area contributed by atoms with Crippen LogP contribution in [0.1, 0.15) is 30.0 Å². The van der Waals surface area contributed by atoms with Crippen molar-refractivity contribution >= 4 is 23.6 Å². The summed E-state index contributed by atoms with van der Waals surface area (Å²) in [5, 5.41) is 3.53. The average molecular weight is 290 g/mol. The molecule has 104 valence electrons. The van der Waals surface area contributed by atoms with Crippen LogP contribution in [0.3, 0.4) is 0 Å². The van der Waals surface area contributed by atoms with Crippen molar-refractivity contribution in [3.05, 3.63) is 64.6 Å². The van der Waals surface area contributed by atoms with Gasteiger partial charge in [-0.3, -0.25) is 4.79 Å². The fourth-order valence-corrected chi connectivity index (χ4v) is 2.02. The van der Waals surface area contributed by atoms with Crippen LogP contribution in [0.2, 0.25) is 5.02 Å². The zero-order valence-corrected chi connectivity index (χ0v) is 12.1. The number of benzene rings is 1. The number of rotatable bonds is 4. The summed E-state index contributed by atoms with van der Waals surface area (Å²) in [6.45, 7) is 3.77. The van der Waals surface area contributed by atoms with E-state index < -0.39 is 0 Å². The fraction of sp³-hybridized carbons (Fsp3) is 0.188. The first-order valence-electron chi connectivity index (χ1n) is 6.35. The normalized spacial score (nSPS) is 12.6. The third-order valence-corrected chi connectivity index (χ3v) is 3.10. The van der Waals surface area contributed by atoms with E-state index in [4.69, 9.17) is 16.0 Å². The van der Waals surface area contributed by atoms with Crippen molar-refractivity contribution in [2.45, 2.75) is 19.9 Å². The third-order valence-electron chi connectivity index (χ3n) is 2.87. The van der Waals surface area contributed by atoms with Gasteiger partial charge in [0, 0.05) is 11.1 Å². The molecule has 1 atom stereocenters. The number of hydrogen-bond acceptors (Lipinski definition) is 2. The van der Waals surface area contributed by atoms with E-state index in [1.54, 1.807) is 12.1 Å². The quantitative estimate of drug-likeness (QED) is 0.860. The van der Waals surface area contributed by atoms with Gasteiger partial charge < -0.3 is 9.73 Å². The van der Waals surface area contributed by atoms with Crippen molar-refractivity contribution in [2.75, 3.05) is 0 Å². The van der Waals surface area contributed by atoms with Gasteiger partial charge in [0.1, 0.15) is 11.5 Å². The maximum Gasteiger partial charge on any atom is 0.244 e. The SMILES string of the molecule is Cc1ccc(/C=C/C(=O)NC(C)c2cccc(Cl)c2)o1. The predicted molar refractivity (Wildman–Crippen MR) is 80.5 cm³/mol. The molecule has 0 saturated heterocycles. The smallest absolute Gasteiger partial charge is 0.244 e. The molecule has 4 heteroatoms. The number of carbonyl (C=O) groups is 1. The Hall–Kier alpha value is -2.00. The number of nitrogens with one attached hydrogen (secondary N) is 1. The molecule has 20 heavy (non-hydrogen) atoms. The second-order valence-corrected chi connectivity index (χ2v) is 5.00. The van der Waals surface area contributed by atoms with Gasteiger partial charge >= 0.3 is 0 Å². The molecular weight excluding hydrogens is 274 g/mol. The topological polar surface area (TPSA) is 42.2 Å². The lowest BCUT2D eigenvalue weighted by atomic mass is 10.1. The summed E-state index contributed by atoms with van der Waals surface area (Å²) < 4.78 is 5.35. The van der Waals surface area contributed by atoms with Gasteiger partial charge in [-0.25, -0.2) is 0 Å². The average Bonchev–Trinajstić information content (AvgIpc) is 2.82. The first kappa shape index (κ1) is 14.4. The predicted octanol–water partition coefficient (Wildman–Crippen LogP) is 4.13. The van der Waals surface area contributed by atoms with Crippen molar-refractivity contribution in [1.82, 2.24) is 5.32 Å². The highest BCUT2D eigenvalue weighted by molar-refractivity contribution is 6.30. The minimum atomic E-state index is -0.175. The van der Waals surface area contributed by atoms with Gasteiger partial charge in [0.05, 0.1) is 6.04 Å².